The Bertz CT molecular complexity index is 168. The molecule has 0 aliphatic carbocycles. The molecule has 22 heavy (non-hydrogen) atoms. The van der Waals surface area contributed by atoms with E-state index in [1.165, 1.54) is 0 Å². The normalized spacial score (nSPS) is 10.6. The average molecular weight is 332 g/mol. The minimum Gasteiger partial charge on any atom is -0.870 e. The maximum absolute atomic E-state index is 8.91. The molecule has 5 N–H and O–H groups in total. The molecule has 0 aromatic rings. The zero-order chi connectivity index (χ0) is 15.1. The van der Waals surface area contributed by atoms with Gasteiger partial charge in [0, 0.05) is 65.7 Å². The van der Waals surface area contributed by atoms with Gasteiger partial charge in [-0.05, 0) is 25.7 Å². The van der Waals surface area contributed by atoms with Gasteiger partial charge in [0.15, 0.2) is 0 Å². The van der Waals surface area contributed by atoms with Crippen LogP contribution in [0.2, 0.25) is 0 Å². The monoisotopic (exact) mass is 332 g/mol. The Morgan fingerprint density at radius 2 is 0.682 bits per heavy atom. The second kappa shape index (κ2) is 21.7. The van der Waals surface area contributed by atoms with E-state index in [-0.39, 0.29) is 61.5 Å². The number of nitrogens with zero attached hydrogens (tertiary/aromatic N) is 2. The molecule has 0 aromatic heterocycles. The Morgan fingerprint density at radius 3 is 0.864 bits per heavy atom. The zero-order valence-electron chi connectivity index (χ0n) is 14.0. The van der Waals surface area contributed by atoms with Crippen molar-refractivity contribution in [2.45, 2.75) is 25.7 Å². The van der Waals surface area contributed by atoms with Gasteiger partial charge >= 0.3 is 29.6 Å². The Kier molecular flexibility index (Phi) is 27.2. The topological polar surface area (TPSA) is 117 Å². The van der Waals surface area contributed by atoms with Crippen molar-refractivity contribution < 1.29 is 55.5 Å². The van der Waals surface area contributed by atoms with Crippen molar-refractivity contribution in [2.24, 2.45) is 0 Å². The van der Waals surface area contributed by atoms with Gasteiger partial charge in [0.1, 0.15) is 0 Å². The quantitative estimate of drug-likeness (QED) is 0.225. The molecule has 0 aromatic carbocycles. The Balaban J connectivity index is -0.00000180. The van der Waals surface area contributed by atoms with Gasteiger partial charge in [0.05, 0.1) is 0 Å². The summed E-state index contributed by atoms with van der Waals surface area (Å²) in [5.41, 5.74) is 0. The van der Waals surface area contributed by atoms with Crippen LogP contribution in [-0.4, -0.2) is 101 Å². The molecule has 0 fully saturated rings. The predicted molar refractivity (Wildman–Crippen MR) is 81.6 cm³/mol. The Labute approximate surface area is 156 Å². The van der Waals surface area contributed by atoms with E-state index in [1.807, 2.05) is 0 Å². The maximum atomic E-state index is 8.91. The fourth-order valence-electron chi connectivity index (χ4n) is 2.13. The molecule has 0 aliphatic rings. The molecule has 0 amide bonds. The number of aliphatic hydroxyl groups is 4. The maximum Gasteiger partial charge on any atom is 1.00 e. The summed E-state index contributed by atoms with van der Waals surface area (Å²) in [6.45, 7) is 5.88. The van der Waals surface area contributed by atoms with Crippen LogP contribution in [0.25, 0.3) is 0 Å². The molecule has 0 rings (SSSR count). The predicted octanol–water partition coefficient (Wildman–Crippen LogP) is -4.05. The SMILES string of the molecule is OCCCN(CCCO)CCN(CCCO)CCCO.[Na+].[OH-]. The molecule has 0 spiro atoms. The third-order valence-corrected chi connectivity index (χ3v) is 3.26. The Hall–Kier alpha value is 0.720. The van der Waals surface area contributed by atoms with Gasteiger partial charge in [-0.1, -0.05) is 0 Å². The number of rotatable bonds is 15. The molecule has 8 heteroatoms. The van der Waals surface area contributed by atoms with Crippen molar-refractivity contribution in [3.05, 3.63) is 0 Å². The smallest absolute Gasteiger partial charge is 0.870 e. The van der Waals surface area contributed by atoms with Crippen LogP contribution < -0.4 is 29.6 Å². The van der Waals surface area contributed by atoms with Crippen LogP contribution in [0, 0.1) is 0 Å². The van der Waals surface area contributed by atoms with Crippen molar-refractivity contribution >= 4 is 0 Å². The summed E-state index contributed by atoms with van der Waals surface area (Å²) in [6, 6.07) is 0. The summed E-state index contributed by atoms with van der Waals surface area (Å²) >= 11 is 0. The van der Waals surface area contributed by atoms with Crippen molar-refractivity contribution in [1.82, 2.24) is 9.80 Å². The number of aliphatic hydroxyl groups excluding tert-OH is 4. The van der Waals surface area contributed by atoms with Gasteiger partial charge in [0.2, 0.25) is 0 Å². The van der Waals surface area contributed by atoms with E-state index in [4.69, 9.17) is 20.4 Å². The van der Waals surface area contributed by atoms with Gasteiger partial charge in [-0.15, -0.1) is 0 Å². The summed E-state index contributed by atoms with van der Waals surface area (Å²) in [4.78, 5) is 4.49. The molecule has 0 radical (unpaired) electrons. The van der Waals surface area contributed by atoms with E-state index in [9.17, 15) is 0 Å². The molecule has 130 valence electrons. The standard InChI is InChI=1S/C14H32N2O4.Na.H2O/c17-11-1-5-15(6-2-12-18)9-10-16(7-3-13-19)8-4-14-20;;/h17-20H,1-14H2;;1H2/q;+1;/p-1. The van der Waals surface area contributed by atoms with E-state index in [2.05, 4.69) is 9.80 Å². The zero-order valence-corrected chi connectivity index (χ0v) is 16.0. The van der Waals surface area contributed by atoms with Crippen molar-refractivity contribution in [3.63, 3.8) is 0 Å². The van der Waals surface area contributed by atoms with E-state index >= 15 is 0 Å². The van der Waals surface area contributed by atoms with Gasteiger partial charge in [-0.25, -0.2) is 0 Å². The molecule has 0 heterocycles. The third kappa shape index (κ3) is 17.1. The van der Waals surface area contributed by atoms with Gasteiger partial charge < -0.3 is 35.7 Å². The molecule has 0 saturated carbocycles. The van der Waals surface area contributed by atoms with E-state index in [1.54, 1.807) is 0 Å². The summed E-state index contributed by atoms with van der Waals surface area (Å²) in [7, 11) is 0. The van der Waals surface area contributed by atoms with Crippen molar-refractivity contribution in [3.8, 4) is 0 Å². The van der Waals surface area contributed by atoms with Crippen LogP contribution in [0.3, 0.4) is 0 Å². The third-order valence-electron chi connectivity index (χ3n) is 3.26. The fraction of sp³-hybridized carbons (Fsp3) is 1.00. The van der Waals surface area contributed by atoms with Gasteiger partial charge in [-0.2, -0.15) is 0 Å². The molecule has 0 aliphatic heterocycles. The van der Waals surface area contributed by atoms with Crippen molar-refractivity contribution in [1.29, 1.82) is 0 Å². The first kappa shape index (κ1) is 27.6. The summed E-state index contributed by atoms with van der Waals surface area (Å²) in [5.74, 6) is 0. The second-order valence-electron chi connectivity index (χ2n) is 4.99. The first-order valence-electron chi connectivity index (χ1n) is 7.66. The summed E-state index contributed by atoms with van der Waals surface area (Å²) in [5, 5.41) is 35.6. The minimum atomic E-state index is 0. The van der Waals surface area contributed by atoms with Crippen LogP contribution in [0.5, 0.6) is 0 Å². The molecule has 0 saturated heterocycles. The second-order valence-corrected chi connectivity index (χ2v) is 4.99. The van der Waals surface area contributed by atoms with Crippen LogP contribution in [0.4, 0.5) is 0 Å². The molecular formula is C14H33N2NaO5. The van der Waals surface area contributed by atoms with E-state index < -0.39 is 0 Å². The number of hydrogen-bond donors (Lipinski definition) is 4. The molecular weight excluding hydrogens is 299 g/mol. The van der Waals surface area contributed by atoms with Crippen molar-refractivity contribution in [2.75, 3.05) is 65.7 Å². The van der Waals surface area contributed by atoms with Gasteiger partial charge in [-0.3, -0.25) is 0 Å². The largest absolute Gasteiger partial charge is 1.00 e. The summed E-state index contributed by atoms with van der Waals surface area (Å²) in [6.07, 6.45) is 2.99. The molecule has 7 nitrogen and oxygen atoms in total. The van der Waals surface area contributed by atoms with Crippen LogP contribution >= 0.6 is 0 Å². The number of hydrogen-bond acceptors (Lipinski definition) is 7. The molecule has 0 atom stereocenters. The van der Waals surface area contributed by atoms with Crippen LogP contribution in [0.1, 0.15) is 25.7 Å². The van der Waals surface area contributed by atoms with Crippen LogP contribution in [-0.2, 0) is 0 Å². The Morgan fingerprint density at radius 1 is 0.455 bits per heavy atom. The van der Waals surface area contributed by atoms with Crippen LogP contribution in [0.15, 0.2) is 0 Å². The van der Waals surface area contributed by atoms with E-state index in [0.717, 1.165) is 65.0 Å². The first-order valence-corrected chi connectivity index (χ1v) is 7.66. The average Bonchev–Trinajstić information content (AvgIpc) is 2.48. The molecule has 0 unspecified atom stereocenters. The van der Waals surface area contributed by atoms with E-state index in [0.29, 0.717) is 0 Å². The first-order chi connectivity index (χ1) is 9.78. The van der Waals surface area contributed by atoms with Gasteiger partial charge in [0.25, 0.3) is 0 Å². The minimum absolute atomic E-state index is 0. The fourth-order valence-corrected chi connectivity index (χ4v) is 2.13. The molecule has 0 bridgehead atoms. The summed E-state index contributed by atoms with van der Waals surface area (Å²) < 4.78 is 0.